The van der Waals surface area contributed by atoms with Crippen LogP contribution in [0.15, 0.2) is 64.4 Å². The molecule has 3 heteroatoms. The smallest absolute Gasteiger partial charge is 0.214 e. The van der Waals surface area contributed by atoms with Crippen molar-refractivity contribution in [2.75, 3.05) is 11.5 Å². The van der Waals surface area contributed by atoms with Gasteiger partial charge in [-0.25, -0.2) is 0 Å². The van der Waals surface area contributed by atoms with Gasteiger partial charge in [0.25, 0.3) is 0 Å². The molecule has 22 heavy (non-hydrogen) atoms. The van der Waals surface area contributed by atoms with Gasteiger partial charge in [0.2, 0.25) is 5.78 Å². The second kappa shape index (κ2) is 7.38. The van der Waals surface area contributed by atoms with Crippen LogP contribution in [0, 0.1) is 0 Å². The van der Waals surface area contributed by atoms with E-state index in [1.54, 1.807) is 11.8 Å². The predicted molar refractivity (Wildman–Crippen MR) is 97.1 cm³/mol. The second-order valence-electron chi connectivity index (χ2n) is 5.60. The lowest BCUT2D eigenvalue weighted by molar-refractivity contribution is 0.0993. The van der Waals surface area contributed by atoms with Crippen molar-refractivity contribution in [3.05, 3.63) is 60.2 Å². The molecule has 2 aromatic carbocycles. The topological polar surface area (TPSA) is 17.1 Å². The predicted octanol–water partition coefficient (Wildman–Crippen LogP) is 4.82. The zero-order chi connectivity index (χ0) is 15.4. The van der Waals surface area contributed by atoms with Crippen molar-refractivity contribution >= 4 is 28.4 Å². The Labute approximate surface area is 139 Å². The monoisotopic (exact) mass is 329 g/mol. The van der Waals surface area contributed by atoms with E-state index >= 15 is 0 Å². The zero-order valence-corrected chi connectivity index (χ0v) is 14.5. The average Bonchev–Trinajstić information content (AvgIpc) is 3.10. The molecule has 1 unspecified atom stereocenters. The lowest BCUT2D eigenvalue weighted by Crippen LogP contribution is -2.28. The lowest BCUT2D eigenvalue weighted by atomic mass is 10.1. The van der Waals surface area contributed by atoms with Crippen LogP contribution in [0.1, 0.15) is 30.1 Å². The number of Topliss-reactive ketones (excluding diaryl/α,β-unsaturated/α-hetero) is 1. The van der Waals surface area contributed by atoms with Gasteiger partial charge in [-0.3, -0.25) is 4.79 Å². The van der Waals surface area contributed by atoms with Gasteiger partial charge in [-0.05, 0) is 54.9 Å². The maximum Gasteiger partial charge on any atom is 0.214 e. The van der Waals surface area contributed by atoms with Crippen LogP contribution < -0.4 is 0 Å². The Morgan fingerprint density at radius 2 is 1.55 bits per heavy atom. The first-order valence-corrected chi connectivity index (χ1v) is 10.2. The van der Waals surface area contributed by atoms with E-state index in [1.165, 1.54) is 34.1 Å². The van der Waals surface area contributed by atoms with E-state index in [1.807, 2.05) is 30.3 Å². The summed E-state index contributed by atoms with van der Waals surface area (Å²) in [5.41, 5.74) is 0.865. The average molecular weight is 330 g/mol. The summed E-state index contributed by atoms with van der Waals surface area (Å²) in [5, 5.41) is 0.190. The third-order valence-electron chi connectivity index (χ3n) is 4.05. The number of carbonyl (C=O) groups is 1. The van der Waals surface area contributed by atoms with Crippen LogP contribution in [0.3, 0.4) is 0 Å². The molecule has 1 saturated heterocycles. The molecule has 0 amide bonds. The molecule has 1 atom stereocenters. The lowest BCUT2D eigenvalue weighted by Gasteiger charge is -2.10. The first-order valence-electron chi connectivity index (χ1n) is 7.77. The van der Waals surface area contributed by atoms with E-state index in [2.05, 4.69) is 31.2 Å². The highest BCUT2D eigenvalue weighted by Gasteiger charge is 2.35. The number of benzene rings is 2. The SMILES string of the molecule is CC(C(=O)c1ccc(Sc2ccccc2)cc1)[S+]1CCCC1. The maximum atomic E-state index is 12.6. The van der Waals surface area contributed by atoms with Gasteiger partial charge in [-0.1, -0.05) is 42.1 Å². The molecule has 0 spiro atoms. The van der Waals surface area contributed by atoms with E-state index in [-0.39, 0.29) is 5.25 Å². The van der Waals surface area contributed by atoms with Crippen molar-refractivity contribution in [1.82, 2.24) is 0 Å². The first kappa shape index (κ1) is 15.7. The fraction of sp³-hybridized carbons (Fsp3) is 0.316. The Morgan fingerprint density at radius 3 is 2.18 bits per heavy atom. The summed E-state index contributed by atoms with van der Waals surface area (Å²) in [4.78, 5) is 15.0. The van der Waals surface area contributed by atoms with Crippen molar-refractivity contribution in [2.24, 2.45) is 0 Å². The van der Waals surface area contributed by atoms with E-state index in [0.717, 1.165) is 5.56 Å². The number of rotatable bonds is 5. The zero-order valence-electron chi connectivity index (χ0n) is 12.8. The Morgan fingerprint density at radius 1 is 0.955 bits per heavy atom. The van der Waals surface area contributed by atoms with E-state index in [4.69, 9.17) is 0 Å². The van der Waals surface area contributed by atoms with Gasteiger partial charge in [-0.15, -0.1) is 0 Å². The fourth-order valence-corrected chi connectivity index (χ4v) is 6.07. The number of carbonyl (C=O) groups excluding carboxylic acids is 1. The molecular weight excluding hydrogens is 308 g/mol. The van der Waals surface area contributed by atoms with Gasteiger partial charge in [0, 0.05) is 15.4 Å². The van der Waals surface area contributed by atoms with Crippen LogP contribution in [-0.4, -0.2) is 22.5 Å². The number of ketones is 1. The minimum absolute atomic E-state index is 0.190. The molecule has 0 radical (unpaired) electrons. The Hall–Kier alpha value is -1.19. The summed E-state index contributed by atoms with van der Waals surface area (Å²) < 4.78 is 0. The van der Waals surface area contributed by atoms with Gasteiger partial charge < -0.3 is 0 Å². The van der Waals surface area contributed by atoms with E-state index in [9.17, 15) is 4.79 Å². The highest BCUT2D eigenvalue weighted by molar-refractivity contribution is 7.99. The largest absolute Gasteiger partial charge is 0.289 e. The molecule has 114 valence electrons. The summed E-state index contributed by atoms with van der Waals surface area (Å²) in [6, 6.07) is 18.4. The molecule has 1 nitrogen and oxygen atoms in total. The molecule has 1 heterocycles. The van der Waals surface area contributed by atoms with Gasteiger partial charge in [0.05, 0.1) is 0 Å². The van der Waals surface area contributed by atoms with E-state index in [0.29, 0.717) is 16.7 Å². The molecule has 3 rings (SSSR count). The molecule has 2 aromatic rings. The summed E-state index contributed by atoms with van der Waals surface area (Å²) in [6.07, 6.45) is 2.60. The van der Waals surface area contributed by atoms with Crippen LogP contribution in [0.25, 0.3) is 0 Å². The second-order valence-corrected chi connectivity index (χ2v) is 9.34. The molecule has 0 N–H and O–H groups in total. The van der Waals surface area contributed by atoms with Crippen LogP contribution >= 0.6 is 11.8 Å². The van der Waals surface area contributed by atoms with Crippen molar-refractivity contribution in [2.45, 2.75) is 34.8 Å². The third kappa shape index (κ3) is 3.76. The Kier molecular flexibility index (Phi) is 5.27. The fourth-order valence-electron chi connectivity index (χ4n) is 2.73. The van der Waals surface area contributed by atoms with Crippen LogP contribution in [0.5, 0.6) is 0 Å². The molecule has 0 saturated carbocycles. The van der Waals surface area contributed by atoms with Crippen molar-refractivity contribution in [3.8, 4) is 0 Å². The number of hydrogen-bond acceptors (Lipinski definition) is 2. The Bertz CT molecular complexity index is 616. The van der Waals surface area contributed by atoms with Gasteiger partial charge >= 0.3 is 0 Å². The molecule has 1 aliphatic rings. The van der Waals surface area contributed by atoms with Crippen molar-refractivity contribution in [1.29, 1.82) is 0 Å². The van der Waals surface area contributed by atoms with Gasteiger partial charge in [-0.2, -0.15) is 0 Å². The molecule has 0 aromatic heterocycles. The maximum absolute atomic E-state index is 12.6. The quantitative estimate of drug-likeness (QED) is 0.578. The van der Waals surface area contributed by atoms with Crippen LogP contribution in [0.2, 0.25) is 0 Å². The summed E-state index contributed by atoms with van der Waals surface area (Å²) in [6.45, 7) is 2.11. The molecule has 1 fully saturated rings. The molecule has 0 bridgehead atoms. The summed E-state index contributed by atoms with van der Waals surface area (Å²) in [5.74, 6) is 2.81. The minimum Gasteiger partial charge on any atom is -0.289 e. The highest BCUT2D eigenvalue weighted by Crippen LogP contribution is 2.28. The molecule has 0 aliphatic carbocycles. The number of hydrogen-bond donors (Lipinski definition) is 0. The normalized spacial score (nSPS) is 16.6. The van der Waals surface area contributed by atoms with Gasteiger partial charge in [0.1, 0.15) is 11.5 Å². The Balaban J connectivity index is 1.67. The van der Waals surface area contributed by atoms with Crippen molar-refractivity contribution in [3.63, 3.8) is 0 Å². The van der Waals surface area contributed by atoms with Crippen LogP contribution in [-0.2, 0) is 10.9 Å². The summed E-state index contributed by atoms with van der Waals surface area (Å²) in [7, 11) is 0.306. The standard InChI is InChI=1S/C19H21OS2/c1-15(22-13-5-6-14-22)19(20)16-9-11-18(12-10-16)21-17-7-3-2-4-8-17/h2-4,7-12,15H,5-6,13-14H2,1H3/q+1. The van der Waals surface area contributed by atoms with Crippen molar-refractivity contribution < 1.29 is 4.79 Å². The molecule has 1 aliphatic heterocycles. The summed E-state index contributed by atoms with van der Waals surface area (Å²) >= 11 is 1.73. The van der Waals surface area contributed by atoms with Crippen LogP contribution in [0.4, 0.5) is 0 Å². The first-order chi connectivity index (χ1) is 10.7. The highest BCUT2D eigenvalue weighted by atomic mass is 32.2. The van der Waals surface area contributed by atoms with Gasteiger partial charge in [0.15, 0.2) is 5.25 Å². The molecular formula is C19H21OS2+. The minimum atomic E-state index is 0.190. The third-order valence-corrected chi connectivity index (χ3v) is 7.91. The van der Waals surface area contributed by atoms with E-state index < -0.39 is 0 Å².